The molecule has 3 aromatic rings. The first-order valence-electron chi connectivity index (χ1n) is 10.5. The predicted octanol–water partition coefficient (Wildman–Crippen LogP) is 1.96. The van der Waals surface area contributed by atoms with Crippen molar-refractivity contribution in [1.29, 1.82) is 0 Å². The largest absolute Gasteiger partial charge is 0.375 e. The molecule has 0 atom stereocenters. The highest BCUT2D eigenvalue weighted by atomic mass is 15.3. The zero-order chi connectivity index (χ0) is 22.2. The third-order valence-corrected chi connectivity index (χ3v) is 5.24. The van der Waals surface area contributed by atoms with Crippen LogP contribution in [0.4, 0.5) is 5.69 Å². The Bertz CT molecular complexity index is 974. The predicted molar refractivity (Wildman–Crippen MR) is 124 cm³/mol. The topological polar surface area (TPSA) is 79.4 Å². The highest BCUT2D eigenvalue weighted by molar-refractivity contribution is 5.79. The maximum absolute atomic E-state index is 4.81. The molecule has 0 fully saturated rings. The zero-order valence-corrected chi connectivity index (χ0v) is 19.2. The Morgan fingerprint density at radius 1 is 1.13 bits per heavy atom. The summed E-state index contributed by atoms with van der Waals surface area (Å²) in [5.74, 6) is 2.56. The van der Waals surface area contributed by atoms with Gasteiger partial charge in [0.05, 0.1) is 6.20 Å². The Morgan fingerprint density at radius 3 is 2.55 bits per heavy atom. The summed E-state index contributed by atoms with van der Waals surface area (Å²) < 4.78 is 3.78. The number of rotatable bonds is 9. The van der Waals surface area contributed by atoms with Crippen LogP contribution in [0.3, 0.4) is 0 Å². The van der Waals surface area contributed by atoms with Gasteiger partial charge in [-0.05, 0) is 25.5 Å². The lowest BCUT2D eigenvalue weighted by Gasteiger charge is -2.23. The minimum absolute atomic E-state index is 0.473. The number of nitrogens with one attached hydrogen (secondary N) is 1. The number of aromatic nitrogens is 5. The molecule has 9 heteroatoms. The number of hydrogen-bond donors (Lipinski definition) is 1. The summed E-state index contributed by atoms with van der Waals surface area (Å²) in [5, 5.41) is 16.1. The van der Waals surface area contributed by atoms with E-state index in [1.165, 1.54) is 5.69 Å². The van der Waals surface area contributed by atoms with Gasteiger partial charge in [0.2, 0.25) is 0 Å². The van der Waals surface area contributed by atoms with Crippen molar-refractivity contribution in [3.05, 3.63) is 59.9 Å². The highest BCUT2D eigenvalue weighted by Crippen LogP contribution is 2.11. The van der Waals surface area contributed by atoms with E-state index in [2.05, 4.69) is 61.7 Å². The van der Waals surface area contributed by atoms with Gasteiger partial charge >= 0.3 is 0 Å². The summed E-state index contributed by atoms with van der Waals surface area (Å²) in [4.78, 5) is 9.19. The minimum Gasteiger partial charge on any atom is -0.375 e. The number of aryl methyl sites for hydroxylation is 2. The van der Waals surface area contributed by atoms with Gasteiger partial charge in [-0.3, -0.25) is 4.68 Å². The van der Waals surface area contributed by atoms with Gasteiger partial charge in [0.1, 0.15) is 12.4 Å². The minimum atomic E-state index is 0.473. The van der Waals surface area contributed by atoms with Gasteiger partial charge < -0.3 is 19.7 Å². The van der Waals surface area contributed by atoms with Gasteiger partial charge in [-0.1, -0.05) is 18.2 Å². The van der Waals surface area contributed by atoms with E-state index in [9.17, 15) is 0 Å². The quantitative estimate of drug-likeness (QED) is 0.322. The van der Waals surface area contributed by atoms with Crippen LogP contribution in [0.1, 0.15) is 23.6 Å². The van der Waals surface area contributed by atoms with Crippen LogP contribution in [0.2, 0.25) is 0 Å². The Kier molecular flexibility index (Phi) is 7.64. The monoisotopic (exact) mass is 423 g/mol. The van der Waals surface area contributed by atoms with Crippen molar-refractivity contribution in [2.75, 3.05) is 32.1 Å². The smallest absolute Gasteiger partial charge is 0.194 e. The summed E-state index contributed by atoms with van der Waals surface area (Å²) >= 11 is 0. The Balaban J connectivity index is 1.60. The van der Waals surface area contributed by atoms with Gasteiger partial charge in [0, 0.05) is 65.3 Å². The lowest BCUT2D eigenvalue weighted by molar-refractivity contribution is 0.473. The van der Waals surface area contributed by atoms with E-state index < -0.39 is 0 Å². The summed E-state index contributed by atoms with van der Waals surface area (Å²) in [6.07, 6.45) is 4.90. The zero-order valence-electron chi connectivity index (χ0n) is 19.2. The third-order valence-electron chi connectivity index (χ3n) is 5.24. The van der Waals surface area contributed by atoms with E-state index in [0.717, 1.165) is 49.2 Å². The fourth-order valence-corrected chi connectivity index (χ4v) is 3.28. The van der Waals surface area contributed by atoms with E-state index in [-0.39, 0.29) is 0 Å². The average Bonchev–Trinajstić information content (AvgIpc) is 3.32. The molecular formula is C22H33N9. The molecule has 0 spiro atoms. The van der Waals surface area contributed by atoms with Crippen molar-refractivity contribution in [3.8, 4) is 0 Å². The van der Waals surface area contributed by atoms with Gasteiger partial charge in [0.15, 0.2) is 11.8 Å². The number of anilines is 1. The molecule has 0 aliphatic rings. The van der Waals surface area contributed by atoms with Crippen molar-refractivity contribution >= 4 is 11.6 Å². The highest BCUT2D eigenvalue weighted by Gasteiger charge is 2.11. The Hall–Kier alpha value is -3.36. The summed E-state index contributed by atoms with van der Waals surface area (Å²) in [5.41, 5.74) is 2.36. The third kappa shape index (κ3) is 6.31. The summed E-state index contributed by atoms with van der Waals surface area (Å²) in [7, 11) is 8.05. The van der Waals surface area contributed by atoms with Crippen LogP contribution in [-0.4, -0.2) is 62.6 Å². The number of benzene rings is 1. The maximum Gasteiger partial charge on any atom is 0.194 e. The molecule has 1 aromatic carbocycles. The summed E-state index contributed by atoms with van der Waals surface area (Å²) in [6.45, 7) is 4.92. The first-order chi connectivity index (χ1) is 14.9. The first-order valence-corrected chi connectivity index (χ1v) is 10.5. The molecule has 0 aliphatic carbocycles. The molecule has 166 valence electrons. The fraction of sp³-hybridized carbons (Fsp3) is 0.455. The first kappa shape index (κ1) is 22.3. The second-order valence-electron chi connectivity index (χ2n) is 7.78. The standard InChI is InChI=1S/C22H33N9/c1-18-26-27-21(31(18)5)15-24-22(29(3)16-19-14-25-30(4)17-19)23-12-9-13-28(2)20-10-7-6-8-11-20/h6-8,10-11,14,17H,9,12-13,15-16H2,1-5H3,(H,23,24). The van der Waals surface area contributed by atoms with E-state index >= 15 is 0 Å². The molecule has 0 unspecified atom stereocenters. The Labute approximate surface area is 184 Å². The molecule has 0 amide bonds. The van der Waals surface area contributed by atoms with E-state index in [4.69, 9.17) is 4.99 Å². The van der Waals surface area contributed by atoms with Gasteiger partial charge in [-0.15, -0.1) is 10.2 Å². The van der Waals surface area contributed by atoms with Crippen LogP contribution in [0, 0.1) is 6.92 Å². The molecule has 0 aliphatic heterocycles. The van der Waals surface area contributed by atoms with E-state index in [0.29, 0.717) is 6.54 Å². The van der Waals surface area contributed by atoms with Gasteiger partial charge in [-0.2, -0.15) is 5.10 Å². The van der Waals surface area contributed by atoms with Crippen molar-refractivity contribution in [1.82, 2.24) is 34.8 Å². The van der Waals surface area contributed by atoms with Crippen LogP contribution < -0.4 is 10.2 Å². The molecule has 1 N–H and O–H groups in total. The number of hydrogen-bond acceptors (Lipinski definition) is 5. The van der Waals surface area contributed by atoms with Crippen LogP contribution in [0.25, 0.3) is 0 Å². The molecule has 9 nitrogen and oxygen atoms in total. The van der Waals surface area contributed by atoms with Crippen molar-refractivity contribution in [3.63, 3.8) is 0 Å². The second kappa shape index (κ2) is 10.6. The second-order valence-corrected chi connectivity index (χ2v) is 7.78. The lowest BCUT2D eigenvalue weighted by atomic mass is 10.3. The molecule has 31 heavy (non-hydrogen) atoms. The molecule has 0 saturated heterocycles. The summed E-state index contributed by atoms with van der Waals surface area (Å²) in [6, 6.07) is 10.4. The molecule has 0 radical (unpaired) electrons. The SMILES string of the molecule is Cc1nnc(CN=C(NCCCN(C)c2ccccc2)N(C)Cc2cnn(C)c2)n1C. The number of nitrogens with zero attached hydrogens (tertiary/aromatic N) is 8. The van der Waals surface area contributed by atoms with Crippen molar-refractivity contribution in [2.45, 2.75) is 26.4 Å². The maximum atomic E-state index is 4.81. The molecule has 2 aromatic heterocycles. The van der Waals surface area contributed by atoms with Crippen molar-refractivity contribution in [2.24, 2.45) is 19.1 Å². The number of para-hydroxylation sites is 1. The van der Waals surface area contributed by atoms with Crippen LogP contribution in [0.15, 0.2) is 47.7 Å². The fourth-order valence-electron chi connectivity index (χ4n) is 3.28. The molecule has 0 saturated carbocycles. The van der Waals surface area contributed by atoms with E-state index in [1.54, 1.807) is 0 Å². The average molecular weight is 424 g/mol. The number of guanidine groups is 1. The van der Waals surface area contributed by atoms with Crippen LogP contribution in [-0.2, 0) is 27.2 Å². The molecule has 0 bridgehead atoms. The Morgan fingerprint density at radius 2 is 1.90 bits per heavy atom. The number of aliphatic imine (C=N–C) groups is 1. The molecule has 2 heterocycles. The van der Waals surface area contributed by atoms with Crippen LogP contribution in [0.5, 0.6) is 0 Å². The molecular weight excluding hydrogens is 390 g/mol. The normalized spacial score (nSPS) is 11.6. The van der Waals surface area contributed by atoms with Gasteiger partial charge in [-0.25, -0.2) is 4.99 Å². The molecule has 3 rings (SSSR count). The lowest BCUT2D eigenvalue weighted by Crippen LogP contribution is -2.39. The van der Waals surface area contributed by atoms with E-state index in [1.807, 2.05) is 55.8 Å². The van der Waals surface area contributed by atoms with Gasteiger partial charge in [0.25, 0.3) is 0 Å². The van der Waals surface area contributed by atoms with Crippen molar-refractivity contribution < 1.29 is 0 Å². The van der Waals surface area contributed by atoms with Crippen LogP contribution >= 0.6 is 0 Å².